The molecule has 2 aliphatic heterocycles. The van der Waals surface area contributed by atoms with Crippen LogP contribution in [0.1, 0.15) is 25.7 Å². The maximum atomic E-state index is 12.1. The van der Waals surface area contributed by atoms with Crippen molar-refractivity contribution in [3.8, 4) is 0 Å². The predicted molar refractivity (Wildman–Crippen MR) is 96.3 cm³/mol. The molecule has 0 bridgehead atoms. The minimum Gasteiger partial charge on any atom is -0.337 e. The highest BCUT2D eigenvalue weighted by Gasteiger charge is 2.36. The molecular formula is C17H24ClN3OS. The van der Waals surface area contributed by atoms with E-state index in [4.69, 9.17) is 11.6 Å². The number of piperidine rings is 1. The fourth-order valence-corrected chi connectivity index (χ4v) is 4.39. The summed E-state index contributed by atoms with van der Waals surface area (Å²) in [6, 6.07) is 8.63. The molecule has 2 fully saturated rings. The number of urea groups is 1. The largest absolute Gasteiger partial charge is 0.337 e. The summed E-state index contributed by atoms with van der Waals surface area (Å²) in [6.07, 6.45) is 4.89. The number of halogens is 1. The molecule has 0 aromatic heterocycles. The van der Waals surface area contributed by atoms with E-state index >= 15 is 0 Å². The highest BCUT2D eigenvalue weighted by molar-refractivity contribution is 7.99. The SMILES string of the molecule is O=C(NCCSc1ccc(Cl)cc1)NC1CCN2CCCCC12. The summed E-state index contributed by atoms with van der Waals surface area (Å²) < 4.78 is 0. The Morgan fingerprint density at radius 1 is 1.22 bits per heavy atom. The van der Waals surface area contributed by atoms with Gasteiger partial charge in [-0.3, -0.25) is 4.90 Å². The third kappa shape index (κ3) is 4.78. The Kier molecular flexibility index (Phi) is 6.08. The first-order chi connectivity index (χ1) is 11.2. The second-order valence-electron chi connectivity index (χ2n) is 6.20. The number of amides is 2. The maximum Gasteiger partial charge on any atom is 0.315 e. The molecule has 2 unspecified atom stereocenters. The van der Waals surface area contributed by atoms with Crippen LogP contribution in [0.25, 0.3) is 0 Å². The molecule has 0 saturated carbocycles. The standard InChI is InChI=1S/C17H24ClN3OS/c18-13-4-6-14(7-5-13)23-12-9-19-17(22)20-15-8-11-21-10-2-1-3-16(15)21/h4-7,15-16H,1-3,8-12H2,(H2,19,20,22). The Bertz CT molecular complexity index is 525. The number of thioether (sulfide) groups is 1. The van der Waals surface area contributed by atoms with E-state index in [2.05, 4.69) is 15.5 Å². The van der Waals surface area contributed by atoms with Crippen molar-refractivity contribution in [1.29, 1.82) is 0 Å². The summed E-state index contributed by atoms with van der Waals surface area (Å²) in [5.41, 5.74) is 0. The molecule has 1 aromatic rings. The van der Waals surface area contributed by atoms with Gasteiger partial charge in [0.25, 0.3) is 0 Å². The first-order valence-corrected chi connectivity index (χ1v) is 9.75. The molecule has 1 aromatic carbocycles. The van der Waals surface area contributed by atoms with Crippen molar-refractivity contribution in [3.05, 3.63) is 29.3 Å². The first-order valence-electron chi connectivity index (χ1n) is 8.39. The van der Waals surface area contributed by atoms with Gasteiger partial charge in [0, 0.05) is 40.8 Å². The van der Waals surface area contributed by atoms with Gasteiger partial charge in [0.05, 0.1) is 0 Å². The van der Waals surface area contributed by atoms with Gasteiger partial charge < -0.3 is 10.6 Å². The van der Waals surface area contributed by atoms with Crippen LogP contribution >= 0.6 is 23.4 Å². The summed E-state index contributed by atoms with van der Waals surface area (Å²) in [6.45, 7) is 2.99. The summed E-state index contributed by atoms with van der Waals surface area (Å²) in [5, 5.41) is 6.89. The van der Waals surface area contributed by atoms with Crippen LogP contribution in [0.5, 0.6) is 0 Å². The highest BCUT2D eigenvalue weighted by Crippen LogP contribution is 2.27. The summed E-state index contributed by atoms with van der Waals surface area (Å²) in [5.74, 6) is 0.856. The smallest absolute Gasteiger partial charge is 0.315 e. The third-order valence-electron chi connectivity index (χ3n) is 4.64. The monoisotopic (exact) mass is 353 g/mol. The Morgan fingerprint density at radius 2 is 2.04 bits per heavy atom. The molecule has 6 heteroatoms. The van der Waals surface area contributed by atoms with E-state index in [1.807, 2.05) is 24.3 Å². The minimum atomic E-state index is -0.0286. The van der Waals surface area contributed by atoms with E-state index in [1.54, 1.807) is 11.8 Å². The molecule has 0 radical (unpaired) electrons. The van der Waals surface area contributed by atoms with E-state index in [0.717, 1.165) is 23.7 Å². The van der Waals surface area contributed by atoms with Gasteiger partial charge in [-0.15, -0.1) is 11.8 Å². The van der Waals surface area contributed by atoms with Crippen LogP contribution in [0.2, 0.25) is 5.02 Å². The Labute approximate surface area is 147 Å². The van der Waals surface area contributed by atoms with Gasteiger partial charge in [-0.05, 0) is 50.1 Å². The zero-order chi connectivity index (χ0) is 16.1. The molecule has 2 atom stereocenters. The van der Waals surface area contributed by atoms with Crippen molar-refractivity contribution in [1.82, 2.24) is 15.5 Å². The maximum absolute atomic E-state index is 12.1. The van der Waals surface area contributed by atoms with Crippen molar-refractivity contribution < 1.29 is 4.79 Å². The van der Waals surface area contributed by atoms with Crippen molar-refractivity contribution in [2.24, 2.45) is 0 Å². The molecule has 2 amide bonds. The number of carbonyl (C=O) groups is 1. The minimum absolute atomic E-state index is 0.0286. The number of hydrogen-bond donors (Lipinski definition) is 2. The molecule has 3 rings (SSSR count). The zero-order valence-electron chi connectivity index (χ0n) is 13.3. The first kappa shape index (κ1) is 16.9. The van der Waals surface area contributed by atoms with Crippen LogP contribution in [0, 0.1) is 0 Å². The van der Waals surface area contributed by atoms with Gasteiger partial charge in [-0.2, -0.15) is 0 Å². The average molecular weight is 354 g/mol. The van der Waals surface area contributed by atoms with Crippen molar-refractivity contribution in [2.45, 2.75) is 42.7 Å². The lowest BCUT2D eigenvalue weighted by Gasteiger charge is -2.32. The van der Waals surface area contributed by atoms with Crippen LogP contribution in [-0.4, -0.2) is 48.4 Å². The van der Waals surface area contributed by atoms with E-state index in [0.29, 0.717) is 18.6 Å². The molecule has 126 valence electrons. The van der Waals surface area contributed by atoms with Gasteiger partial charge >= 0.3 is 6.03 Å². The van der Waals surface area contributed by atoms with Gasteiger partial charge in [0.2, 0.25) is 0 Å². The number of benzene rings is 1. The molecule has 2 N–H and O–H groups in total. The fourth-order valence-electron chi connectivity index (χ4n) is 3.50. The van der Waals surface area contributed by atoms with Crippen molar-refractivity contribution in [3.63, 3.8) is 0 Å². The van der Waals surface area contributed by atoms with E-state index in [1.165, 1.54) is 30.7 Å². The molecule has 2 saturated heterocycles. The lowest BCUT2D eigenvalue weighted by molar-refractivity contribution is 0.179. The van der Waals surface area contributed by atoms with Crippen LogP contribution < -0.4 is 10.6 Å². The molecule has 0 aliphatic carbocycles. The summed E-state index contributed by atoms with van der Waals surface area (Å²) >= 11 is 7.59. The molecule has 2 heterocycles. The van der Waals surface area contributed by atoms with Gasteiger partial charge in [-0.25, -0.2) is 4.79 Å². The number of fused-ring (bicyclic) bond motifs is 1. The van der Waals surface area contributed by atoms with E-state index in [9.17, 15) is 4.79 Å². The number of carbonyl (C=O) groups excluding carboxylic acids is 1. The molecule has 4 nitrogen and oxygen atoms in total. The number of rotatable bonds is 5. The van der Waals surface area contributed by atoms with Gasteiger partial charge in [0.1, 0.15) is 0 Å². The van der Waals surface area contributed by atoms with Crippen molar-refractivity contribution >= 4 is 29.4 Å². The highest BCUT2D eigenvalue weighted by atomic mass is 35.5. The molecule has 0 spiro atoms. The normalized spacial score (nSPS) is 24.2. The lowest BCUT2D eigenvalue weighted by Crippen LogP contribution is -2.49. The van der Waals surface area contributed by atoms with Gasteiger partial charge in [0.15, 0.2) is 0 Å². The second kappa shape index (κ2) is 8.27. The third-order valence-corrected chi connectivity index (χ3v) is 5.91. The second-order valence-corrected chi connectivity index (χ2v) is 7.80. The van der Waals surface area contributed by atoms with E-state index in [-0.39, 0.29) is 6.03 Å². The number of nitrogens with zero attached hydrogens (tertiary/aromatic N) is 1. The Hall–Kier alpha value is -0.910. The quantitative estimate of drug-likeness (QED) is 0.630. The van der Waals surface area contributed by atoms with Crippen LogP contribution in [-0.2, 0) is 0 Å². The Morgan fingerprint density at radius 3 is 2.87 bits per heavy atom. The average Bonchev–Trinajstić information content (AvgIpc) is 2.96. The molecular weight excluding hydrogens is 330 g/mol. The molecule has 23 heavy (non-hydrogen) atoms. The summed E-state index contributed by atoms with van der Waals surface area (Å²) in [7, 11) is 0. The van der Waals surface area contributed by atoms with Crippen LogP contribution in [0.15, 0.2) is 29.2 Å². The van der Waals surface area contributed by atoms with Crippen LogP contribution in [0.3, 0.4) is 0 Å². The number of nitrogens with one attached hydrogen (secondary N) is 2. The predicted octanol–water partition coefficient (Wildman–Crippen LogP) is 3.36. The lowest BCUT2D eigenvalue weighted by atomic mass is 9.99. The number of hydrogen-bond acceptors (Lipinski definition) is 3. The Balaban J connectivity index is 1.34. The fraction of sp³-hybridized carbons (Fsp3) is 0.588. The van der Waals surface area contributed by atoms with Gasteiger partial charge in [-0.1, -0.05) is 18.0 Å². The molecule has 2 aliphatic rings. The van der Waals surface area contributed by atoms with E-state index < -0.39 is 0 Å². The zero-order valence-corrected chi connectivity index (χ0v) is 14.8. The van der Waals surface area contributed by atoms with Crippen LogP contribution in [0.4, 0.5) is 4.79 Å². The summed E-state index contributed by atoms with van der Waals surface area (Å²) in [4.78, 5) is 15.8. The topological polar surface area (TPSA) is 44.4 Å². The van der Waals surface area contributed by atoms with Crippen molar-refractivity contribution in [2.75, 3.05) is 25.4 Å².